The van der Waals surface area contributed by atoms with Gasteiger partial charge in [-0.1, -0.05) is 12.1 Å². The summed E-state index contributed by atoms with van der Waals surface area (Å²) in [6.07, 6.45) is 3.50. The van der Waals surface area contributed by atoms with Crippen molar-refractivity contribution in [2.45, 2.75) is 58.1 Å². The molecule has 1 aromatic carbocycles. The summed E-state index contributed by atoms with van der Waals surface area (Å²) in [5.41, 5.74) is 1.02. The fourth-order valence-electron chi connectivity index (χ4n) is 3.35. The first-order valence-electron chi connectivity index (χ1n) is 9.80. The number of benzene rings is 1. The zero-order valence-electron chi connectivity index (χ0n) is 17.1. The number of aromatic nitrogens is 2. The average Bonchev–Trinajstić information content (AvgIpc) is 2.66. The summed E-state index contributed by atoms with van der Waals surface area (Å²) < 4.78 is 16.8. The van der Waals surface area contributed by atoms with Crippen LogP contribution in [0.5, 0.6) is 11.8 Å². The number of methoxy groups -OCH3 is 1. The third kappa shape index (κ3) is 5.03. The van der Waals surface area contributed by atoms with E-state index < -0.39 is 5.60 Å². The number of likely N-dealkylation sites (tertiary alicyclic amines) is 1. The lowest BCUT2D eigenvalue weighted by Crippen LogP contribution is -2.46. The highest BCUT2D eigenvalue weighted by atomic mass is 16.6. The summed E-state index contributed by atoms with van der Waals surface area (Å²) >= 11 is 0. The topological polar surface area (TPSA) is 73.8 Å². The molecule has 0 radical (unpaired) electrons. The zero-order valence-corrected chi connectivity index (χ0v) is 17.1. The molecular formula is C21H29N3O4. The Hall–Kier alpha value is -2.57. The molecule has 2 aromatic rings. The number of fused-ring (bicyclic) bond motifs is 1. The minimum absolute atomic E-state index is 0.100. The molecule has 3 rings (SSSR count). The quantitative estimate of drug-likeness (QED) is 0.766. The van der Waals surface area contributed by atoms with Gasteiger partial charge >= 0.3 is 6.09 Å². The predicted molar refractivity (Wildman–Crippen MR) is 107 cm³/mol. The molecule has 7 nitrogen and oxygen atoms in total. The molecule has 0 unspecified atom stereocenters. The Kier molecular flexibility index (Phi) is 6.21. The van der Waals surface area contributed by atoms with E-state index in [1.54, 1.807) is 7.11 Å². The Morgan fingerprint density at radius 3 is 2.46 bits per heavy atom. The van der Waals surface area contributed by atoms with Gasteiger partial charge in [-0.3, -0.25) is 0 Å². The second-order valence-corrected chi connectivity index (χ2v) is 7.99. The monoisotopic (exact) mass is 387 g/mol. The lowest BCUT2D eigenvalue weighted by Gasteiger charge is -2.36. The lowest BCUT2D eigenvalue weighted by atomic mass is 10.0. The summed E-state index contributed by atoms with van der Waals surface area (Å²) in [5.74, 6) is 0.743. The highest BCUT2D eigenvalue weighted by Crippen LogP contribution is 2.27. The maximum absolute atomic E-state index is 12.5. The fourth-order valence-corrected chi connectivity index (χ4v) is 3.35. The molecule has 2 heterocycles. The van der Waals surface area contributed by atoms with Crippen LogP contribution >= 0.6 is 0 Å². The third-order valence-corrected chi connectivity index (χ3v) is 4.65. The van der Waals surface area contributed by atoms with Gasteiger partial charge in [0.25, 0.3) is 11.8 Å². The van der Waals surface area contributed by atoms with E-state index in [-0.39, 0.29) is 12.1 Å². The molecule has 1 amide bonds. The number of ether oxygens (including phenoxy) is 3. The number of carbonyl (C=O) groups is 1. The van der Waals surface area contributed by atoms with Crippen molar-refractivity contribution < 1.29 is 19.0 Å². The highest BCUT2D eigenvalue weighted by molar-refractivity contribution is 5.75. The first kappa shape index (κ1) is 20.2. The standard InChI is InChI=1S/C21H29N3O4/c1-21(2,3)28-20(25)24-13-8-7-9-15(24)12-14-27-19-18(26-4)22-16-10-5-6-11-17(16)23-19/h5-6,10-11,15H,7-9,12-14H2,1-4H3/t15-/m1/s1. The van der Waals surface area contributed by atoms with Gasteiger partial charge in [0.1, 0.15) is 5.60 Å². The van der Waals surface area contributed by atoms with Crippen LogP contribution in [0.3, 0.4) is 0 Å². The molecule has 7 heteroatoms. The van der Waals surface area contributed by atoms with E-state index in [0.717, 1.165) is 36.8 Å². The Morgan fingerprint density at radius 1 is 1.14 bits per heavy atom. The lowest BCUT2D eigenvalue weighted by molar-refractivity contribution is 0.00733. The van der Waals surface area contributed by atoms with Gasteiger partial charge in [0.15, 0.2) is 0 Å². The SMILES string of the molecule is COc1nc2ccccc2nc1OCC[C@H]1CCCCN1C(=O)OC(C)(C)C. The van der Waals surface area contributed by atoms with Crippen LogP contribution < -0.4 is 9.47 Å². The van der Waals surface area contributed by atoms with E-state index >= 15 is 0 Å². The van der Waals surface area contributed by atoms with E-state index in [1.807, 2.05) is 49.9 Å². The van der Waals surface area contributed by atoms with Crippen molar-refractivity contribution in [3.8, 4) is 11.8 Å². The van der Waals surface area contributed by atoms with Crippen LogP contribution in [0.4, 0.5) is 4.79 Å². The van der Waals surface area contributed by atoms with Gasteiger partial charge < -0.3 is 19.1 Å². The molecule has 1 fully saturated rings. The van der Waals surface area contributed by atoms with E-state index in [1.165, 1.54) is 0 Å². The van der Waals surface area contributed by atoms with Crippen molar-refractivity contribution in [1.29, 1.82) is 0 Å². The van der Waals surface area contributed by atoms with Crippen LogP contribution in [0.25, 0.3) is 11.0 Å². The summed E-state index contributed by atoms with van der Waals surface area (Å²) in [4.78, 5) is 23.3. The minimum atomic E-state index is -0.496. The number of piperidine rings is 1. The number of rotatable bonds is 5. The number of hydrogen-bond donors (Lipinski definition) is 0. The maximum atomic E-state index is 12.5. The van der Waals surface area contributed by atoms with Crippen molar-refractivity contribution in [1.82, 2.24) is 14.9 Å². The van der Waals surface area contributed by atoms with Gasteiger partial charge in [-0.2, -0.15) is 0 Å². The molecule has 1 saturated heterocycles. The van der Waals surface area contributed by atoms with Crippen LogP contribution in [-0.4, -0.2) is 52.9 Å². The predicted octanol–water partition coefficient (Wildman–Crippen LogP) is 4.20. The molecule has 0 saturated carbocycles. The number of amides is 1. The first-order valence-corrected chi connectivity index (χ1v) is 9.80. The highest BCUT2D eigenvalue weighted by Gasteiger charge is 2.30. The van der Waals surface area contributed by atoms with Crippen molar-refractivity contribution in [3.63, 3.8) is 0 Å². The molecule has 1 aliphatic rings. The summed E-state index contributed by atoms with van der Waals surface area (Å²) in [5, 5.41) is 0. The van der Waals surface area contributed by atoms with Crippen molar-refractivity contribution >= 4 is 17.1 Å². The van der Waals surface area contributed by atoms with Gasteiger partial charge in [0.05, 0.1) is 24.8 Å². The molecule has 28 heavy (non-hydrogen) atoms. The first-order chi connectivity index (χ1) is 13.4. The second kappa shape index (κ2) is 8.63. The van der Waals surface area contributed by atoms with E-state index in [4.69, 9.17) is 14.2 Å². The van der Waals surface area contributed by atoms with Crippen LogP contribution in [0.2, 0.25) is 0 Å². The fraction of sp³-hybridized carbons (Fsp3) is 0.571. The Labute approximate surface area is 166 Å². The smallest absolute Gasteiger partial charge is 0.410 e. The summed E-state index contributed by atoms with van der Waals surface area (Å²) in [6, 6.07) is 7.69. The van der Waals surface area contributed by atoms with Gasteiger partial charge in [0, 0.05) is 19.0 Å². The molecule has 0 N–H and O–H groups in total. The molecule has 0 bridgehead atoms. The van der Waals surface area contributed by atoms with Crippen LogP contribution in [0, 0.1) is 0 Å². The number of nitrogens with zero attached hydrogens (tertiary/aromatic N) is 3. The van der Waals surface area contributed by atoms with Crippen LogP contribution in [0.1, 0.15) is 46.5 Å². The molecular weight excluding hydrogens is 358 g/mol. The molecule has 1 aromatic heterocycles. The Morgan fingerprint density at radius 2 is 1.82 bits per heavy atom. The summed E-state index contributed by atoms with van der Waals surface area (Å²) in [7, 11) is 1.55. The van der Waals surface area contributed by atoms with Crippen molar-refractivity contribution in [2.24, 2.45) is 0 Å². The number of para-hydroxylation sites is 2. The zero-order chi connectivity index (χ0) is 20.1. The van der Waals surface area contributed by atoms with Gasteiger partial charge in [-0.25, -0.2) is 14.8 Å². The largest absolute Gasteiger partial charge is 0.477 e. The summed E-state index contributed by atoms with van der Waals surface area (Å²) in [6.45, 7) is 6.80. The average molecular weight is 387 g/mol. The van der Waals surface area contributed by atoms with Gasteiger partial charge in [0.2, 0.25) is 0 Å². The number of carbonyl (C=O) groups excluding carboxylic acids is 1. The third-order valence-electron chi connectivity index (χ3n) is 4.65. The van der Waals surface area contributed by atoms with E-state index in [0.29, 0.717) is 24.8 Å². The molecule has 1 atom stereocenters. The molecule has 0 spiro atoms. The Balaban J connectivity index is 1.64. The molecule has 1 aliphatic heterocycles. The van der Waals surface area contributed by atoms with Crippen molar-refractivity contribution in [2.75, 3.05) is 20.3 Å². The minimum Gasteiger partial charge on any atom is -0.477 e. The molecule has 152 valence electrons. The molecule has 0 aliphatic carbocycles. The normalized spacial score (nSPS) is 17.4. The Bertz CT molecular complexity index is 819. The van der Waals surface area contributed by atoms with Crippen LogP contribution in [-0.2, 0) is 4.74 Å². The van der Waals surface area contributed by atoms with Crippen LogP contribution in [0.15, 0.2) is 24.3 Å². The van der Waals surface area contributed by atoms with Gasteiger partial charge in [-0.15, -0.1) is 0 Å². The van der Waals surface area contributed by atoms with Gasteiger partial charge in [-0.05, 0) is 52.2 Å². The second-order valence-electron chi connectivity index (χ2n) is 7.99. The van der Waals surface area contributed by atoms with E-state index in [9.17, 15) is 4.79 Å². The van der Waals surface area contributed by atoms with E-state index in [2.05, 4.69) is 9.97 Å². The van der Waals surface area contributed by atoms with Crippen molar-refractivity contribution in [3.05, 3.63) is 24.3 Å². The number of hydrogen-bond acceptors (Lipinski definition) is 6. The maximum Gasteiger partial charge on any atom is 0.410 e.